The van der Waals surface area contributed by atoms with Crippen LogP contribution >= 0.6 is 0 Å². The molecule has 1 N–H and O–H groups in total. The molecule has 15 heavy (non-hydrogen) atoms. The molecule has 0 unspecified atom stereocenters. The van der Waals surface area contributed by atoms with E-state index in [0.29, 0.717) is 6.61 Å². The third kappa shape index (κ3) is 6.68. The highest BCUT2D eigenvalue weighted by atomic mass is 79.9. The molecule has 0 saturated carbocycles. The number of aliphatic hydroxyl groups is 1. The fourth-order valence-electron chi connectivity index (χ4n) is 1.57. The molecule has 0 aliphatic rings. The lowest BCUT2D eigenvalue weighted by Crippen LogP contribution is -3.00. The highest BCUT2D eigenvalue weighted by molar-refractivity contribution is 4.61. The second kappa shape index (κ2) is 8.92. The van der Waals surface area contributed by atoms with Gasteiger partial charge in [0.25, 0.3) is 0 Å². The fourth-order valence-corrected chi connectivity index (χ4v) is 1.57. The van der Waals surface area contributed by atoms with E-state index >= 15 is 0 Å². The van der Waals surface area contributed by atoms with Gasteiger partial charge in [-0.2, -0.15) is 0 Å². The van der Waals surface area contributed by atoms with Gasteiger partial charge in [-0.3, -0.25) is 0 Å². The predicted molar refractivity (Wildman–Crippen MR) is 55.8 cm³/mol. The van der Waals surface area contributed by atoms with Crippen molar-refractivity contribution in [2.24, 2.45) is 7.05 Å². The molecule has 4 heteroatoms. The number of halogens is 1. The van der Waals surface area contributed by atoms with Crippen LogP contribution in [-0.4, -0.2) is 16.3 Å². The number of aryl methyl sites for hydroxylation is 2. The Hall–Kier alpha value is -0.350. The Bertz CT molecular complexity index is 250. The highest BCUT2D eigenvalue weighted by Gasteiger charge is 1.98. The van der Waals surface area contributed by atoms with Crippen LogP contribution in [0.3, 0.4) is 0 Å². The molecule has 0 spiro atoms. The van der Waals surface area contributed by atoms with Crippen LogP contribution in [0.25, 0.3) is 0 Å². The van der Waals surface area contributed by atoms with Crippen molar-refractivity contribution < 1.29 is 26.7 Å². The summed E-state index contributed by atoms with van der Waals surface area (Å²) in [6.45, 7) is 1.45. The lowest BCUT2D eigenvalue weighted by atomic mass is 10.1. The van der Waals surface area contributed by atoms with Crippen molar-refractivity contribution in [3.05, 3.63) is 18.7 Å². The van der Waals surface area contributed by atoms with Gasteiger partial charge >= 0.3 is 0 Å². The molecule has 0 aliphatic heterocycles. The van der Waals surface area contributed by atoms with E-state index in [9.17, 15) is 0 Å². The molecule has 1 rings (SSSR count). The number of aromatic nitrogens is 2. The first-order chi connectivity index (χ1) is 6.83. The topological polar surface area (TPSA) is 29.0 Å². The van der Waals surface area contributed by atoms with E-state index < -0.39 is 0 Å². The van der Waals surface area contributed by atoms with Crippen molar-refractivity contribution >= 4 is 0 Å². The normalized spacial score (nSPS) is 10.0. The Balaban J connectivity index is 0.00000196. The molecule has 0 amide bonds. The van der Waals surface area contributed by atoms with Gasteiger partial charge in [0.15, 0.2) is 0 Å². The predicted octanol–water partition coefficient (Wildman–Crippen LogP) is -1.74. The first kappa shape index (κ1) is 14.6. The highest BCUT2D eigenvalue weighted by Crippen LogP contribution is 2.01. The van der Waals surface area contributed by atoms with E-state index in [1.165, 1.54) is 19.3 Å². The third-order valence-electron chi connectivity index (χ3n) is 2.40. The first-order valence-corrected chi connectivity index (χ1v) is 5.45. The van der Waals surface area contributed by atoms with Gasteiger partial charge in [0.05, 0.1) is 13.6 Å². The Morgan fingerprint density at radius 1 is 1.13 bits per heavy atom. The average Bonchev–Trinajstić information content (AvgIpc) is 2.58. The van der Waals surface area contributed by atoms with Gasteiger partial charge in [-0.1, -0.05) is 12.8 Å². The quantitative estimate of drug-likeness (QED) is 0.465. The lowest BCUT2D eigenvalue weighted by molar-refractivity contribution is -0.696. The van der Waals surface area contributed by atoms with Gasteiger partial charge in [0.1, 0.15) is 12.4 Å². The van der Waals surface area contributed by atoms with Crippen LogP contribution < -0.4 is 21.5 Å². The molecule has 0 aromatic carbocycles. The maximum atomic E-state index is 8.60. The van der Waals surface area contributed by atoms with Crippen LogP contribution in [0.1, 0.15) is 32.1 Å². The maximum absolute atomic E-state index is 8.60. The summed E-state index contributed by atoms with van der Waals surface area (Å²) in [7, 11) is 2.04. The van der Waals surface area contributed by atoms with Gasteiger partial charge in [-0.15, -0.1) is 0 Å². The van der Waals surface area contributed by atoms with Crippen LogP contribution in [0.4, 0.5) is 0 Å². The van der Waals surface area contributed by atoms with Crippen molar-refractivity contribution in [2.75, 3.05) is 6.61 Å². The second-order valence-electron chi connectivity index (χ2n) is 3.81. The Kier molecular flexibility index (Phi) is 8.71. The number of hydrogen-bond acceptors (Lipinski definition) is 1. The summed E-state index contributed by atoms with van der Waals surface area (Å²) in [6, 6.07) is 0. The molecule has 0 bridgehead atoms. The molecule has 0 saturated heterocycles. The van der Waals surface area contributed by atoms with E-state index in [2.05, 4.69) is 27.9 Å². The van der Waals surface area contributed by atoms with Crippen molar-refractivity contribution in [2.45, 2.75) is 38.6 Å². The van der Waals surface area contributed by atoms with E-state index in [0.717, 1.165) is 19.4 Å². The molecule has 0 atom stereocenters. The number of rotatable bonds is 7. The maximum Gasteiger partial charge on any atom is 0.243 e. The van der Waals surface area contributed by atoms with Gasteiger partial charge in [0, 0.05) is 6.61 Å². The molecule has 88 valence electrons. The standard InChI is InChI=1S/C11H21N2O.BrH/c1-12-8-9-13(11-12)7-5-3-2-4-6-10-14;/h8-9,11,14H,2-7,10H2,1H3;1H/q+1;/p-1. The molecule has 1 aromatic rings. The molecule has 3 nitrogen and oxygen atoms in total. The summed E-state index contributed by atoms with van der Waals surface area (Å²) < 4.78 is 4.28. The summed E-state index contributed by atoms with van der Waals surface area (Å²) >= 11 is 0. The summed E-state index contributed by atoms with van der Waals surface area (Å²) in [5, 5.41) is 8.60. The SMILES string of the molecule is Cn1cc[n+](CCCCCCCO)c1.[Br-]. The second-order valence-corrected chi connectivity index (χ2v) is 3.81. The fraction of sp³-hybridized carbons (Fsp3) is 0.727. The summed E-state index contributed by atoms with van der Waals surface area (Å²) in [4.78, 5) is 0. The van der Waals surface area contributed by atoms with Crippen LogP contribution in [-0.2, 0) is 13.6 Å². The number of imidazole rings is 1. The Morgan fingerprint density at radius 3 is 2.40 bits per heavy atom. The van der Waals surface area contributed by atoms with E-state index in [1.54, 1.807) is 0 Å². The van der Waals surface area contributed by atoms with Crippen LogP contribution in [0.2, 0.25) is 0 Å². The van der Waals surface area contributed by atoms with E-state index in [4.69, 9.17) is 5.11 Å². The van der Waals surface area contributed by atoms with Crippen molar-refractivity contribution in [3.8, 4) is 0 Å². The molecular formula is C11H21BrN2O. The number of aliphatic hydroxyl groups excluding tert-OH is 1. The molecule has 0 aliphatic carbocycles. The van der Waals surface area contributed by atoms with Crippen LogP contribution in [0.15, 0.2) is 18.7 Å². The molecule has 0 radical (unpaired) electrons. The van der Waals surface area contributed by atoms with Gasteiger partial charge in [-0.25, -0.2) is 9.13 Å². The Morgan fingerprint density at radius 2 is 1.80 bits per heavy atom. The van der Waals surface area contributed by atoms with Gasteiger partial charge in [-0.05, 0) is 19.3 Å². The van der Waals surface area contributed by atoms with Crippen LogP contribution in [0, 0.1) is 0 Å². The average molecular weight is 277 g/mol. The minimum atomic E-state index is 0. The van der Waals surface area contributed by atoms with Gasteiger partial charge in [0.2, 0.25) is 6.33 Å². The zero-order valence-electron chi connectivity index (χ0n) is 9.40. The minimum Gasteiger partial charge on any atom is -1.00 e. The molecular weight excluding hydrogens is 256 g/mol. The number of nitrogens with zero attached hydrogens (tertiary/aromatic N) is 2. The smallest absolute Gasteiger partial charge is 0.243 e. The summed E-state index contributed by atoms with van der Waals surface area (Å²) in [6.07, 6.45) is 12.1. The minimum absolute atomic E-state index is 0. The van der Waals surface area contributed by atoms with Crippen molar-refractivity contribution in [1.29, 1.82) is 0 Å². The van der Waals surface area contributed by atoms with Gasteiger partial charge < -0.3 is 22.1 Å². The van der Waals surface area contributed by atoms with Crippen molar-refractivity contribution in [1.82, 2.24) is 4.57 Å². The molecule has 0 fully saturated rings. The number of unbranched alkanes of at least 4 members (excludes halogenated alkanes) is 4. The molecule has 1 aromatic heterocycles. The monoisotopic (exact) mass is 276 g/mol. The zero-order chi connectivity index (χ0) is 10.2. The number of hydrogen-bond donors (Lipinski definition) is 1. The van der Waals surface area contributed by atoms with E-state index in [-0.39, 0.29) is 17.0 Å². The first-order valence-electron chi connectivity index (χ1n) is 5.45. The van der Waals surface area contributed by atoms with Crippen LogP contribution in [0.5, 0.6) is 0 Å². The molecule has 1 heterocycles. The third-order valence-corrected chi connectivity index (χ3v) is 2.40. The Labute approximate surface area is 103 Å². The summed E-state index contributed by atoms with van der Waals surface area (Å²) in [5.41, 5.74) is 0. The largest absolute Gasteiger partial charge is 1.00 e. The van der Waals surface area contributed by atoms with Crippen molar-refractivity contribution in [3.63, 3.8) is 0 Å². The zero-order valence-corrected chi connectivity index (χ0v) is 11.0. The van der Waals surface area contributed by atoms with E-state index in [1.807, 2.05) is 7.05 Å². The summed E-state index contributed by atoms with van der Waals surface area (Å²) in [5.74, 6) is 0. The lowest BCUT2D eigenvalue weighted by Gasteiger charge is -1.98.